The quantitative estimate of drug-likeness (QED) is 0.491. The number of ether oxygens (including phenoxy) is 2. The molecule has 0 aliphatic heterocycles. The Labute approximate surface area is 110 Å². The first-order valence-corrected chi connectivity index (χ1v) is 6.01. The number of thioether (sulfide) groups is 1. The molecule has 0 aliphatic rings. The molecule has 6 heteroatoms. The van der Waals surface area contributed by atoms with Crippen molar-refractivity contribution in [2.75, 3.05) is 14.2 Å². The second kappa shape index (κ2) is 6.42. The van der Waals surface area contributed by atoms with E-state index >= 15 is 0 Å². The molecule has 1 unspecified atom stereocenters. The Morgan fingerprint density at radius 2 is 1.83 bits per heavy atom. The first-order valence-electron chi connectivity index (χ1n) is 5.20. The van der Waals surface area contributed by atoms with Gasteiger partial charge in [-0.25, -0.2) is 4.79 Å². The first kappa shape index (κ1) is 14.5. The predicted octanol–water partition coefficient (Wildman–Crippen LogP) is 1.17. The van der Waals surface area contributed by atoms with Crippen molar-refractivity contribution in [1.82, 2.24) is 0 Å². The molecular formula is C12H15NO4S. The van der Waals surface area contributed by atoms with Crippen LogP contribution < -0.4 is 5.73 Å². The van der Waals surface area contributed by atoms with Crippen LogP contribution in [-0.4, -0.2) is 31.0 Å². The molecule has 1 atom stereocenters. The summed E-state index contributed by atoms with van der Waals surface area (Å²) < 4.78 is 9.18. The number of hydrogen-bond acceptors (Lipinski definition) is 6. The average molecular weight is 269 g/mol. The molecule has 0 radical (unpaired) electrons. The lowest BCUT2D eigenvalue weighted by atomic mass is 10.2. The zero-order valence-electron chi connectivity index (χ0n) is 10.2. The van der Waals surface area contributed by atoms with E-state index in [4.69, 9.17) is 5.73 Å². The van der Waals surface area contributed by atoms with Gasteiger partial charge in [-0.3, -0.25) is 4.79 Å². The predicted molar refractivity (Wildman–Crippen MR) is 67.9 cm³/mol. The summed E-state index contributed by atoms with van der Waals surface area (Å²) in [6.07, 6.45) is -0.254. The molecule has 1 rings (SSSR count). The van der Waals surface area contributed by atoms with Crippen LogP contribution in [0.15, 0.2) is 35.2 Å². The van der Waals surface area contributed by atoms with Crippen molar-refractivity contribution in [2.24, 2.45) is 5.73 Å². The van der Waals surface area contributed by atoms with Gasteiger partial charge in [0, 0.05) is 4.90 Å². The summed E-state index contributed by atoms with van der Waals surface area (Å²) in [6.45, 7) is 0. The third-order valence-electron chi connectivity index (χ3n) is 2.21. The van der Waals surface area contributed by atoms with Crippen molar-refractivity contribution in [3.63, 3.8) is 0 Å². The molecule has 0 amide bonds. The van der Waals surface area contributed by atoms with E-state index in [1.165, 1.54) is 14.2 Å². The molecule has 0 bridgehead atoms. The fourth-order valence-corrected chi connectivity index (χ4v) is 2.38. The van der Waals surface area contributed by atoms with Crippen molar-refractivity contribution in [3.05, 3.63) is 30.3 Å². The second-order valence-corrected chi connectivity index (χ2v) is 4.95. The number of nitrogens with two attached hydrogens (primary N) is 1. The van der Waals surface area contributed by atoms with Crippen LogP contribution in [0, 0.1) is 0 Å². The zero-order chi connectivity index (χ0) is 13.6. The standard InChI is InChI=1S/C12H15NO4S/c1-16-10(14)8-12(13,11(15)17-2)18-9-6-4-3-5-7-9/h3-7H,8,13H2,1-2H3. The monoisotopic (exact) mass is 269 g/mol. The van der Waals surface area contributed by atoms with E-state index in [1.807, 2.05) is 18.2 Å². The summed E-state index contributed by atoms with van der Waals surface area (Å²) in [5.41, 5.74) is 5.95. The summed E-state index contributed by atoms with van der Waals surface area (Å²) in [4.78, 5) is 22.3. The Balaban J connectivity index is 2.91. The van der Waals surface area contributed by atoms with Crippen molar-refractivity contribution < 1.29 is 19.1 Å². The number of rotatable bonds is 5. The molecule has 0 fully saturated rings. The molecule has 1 aromatic rings. The van der Waals surface area contributed by atoms with Crippen LogP contribution in [-0.2, 0) is 19.1 Å². The van der Waals surface area contributed by atoms with Crippen LogP contribution in [0.25, 0.3) is 0 Å². The van der Waals surface area contributed by atoms with E-state index < -0.39 is 16.8 Å². The lowest BCUT2D eigenvalue weighted by Gasteiger charge is -2.24. The summed E-state index contributed by atoms with van der Waals surface area (Å²) in [5.74, 6) is -1.23. The first-order chi connectivity index (χ1) is 8.51. The third-order valence-corrected chi connectivity index (χ3v) is 3.39. The van der Waals surface area contributed by atoms with Gasteiger partial charge in [0.1, 0.15) is 0 Å². The van der Waals surface area contributed by atoms with Gasteiger partial charge < -0.3 is 15.2 Å². The highest BCUT2D eigenvalue weighted by Gasteiger charge is 2.39. The van der Waals surface area contributed by atoms with E-state index in [0.29, 0.717) is 0 Å². The number of carbonyl (C=O) groups excluding carboxylic acids is 2. The average Bonchev–Trinajstić information content (AvgIpc) is 2.38. The highest BCUT2D eigenvalue weighted by molar-refractivity contribution is 8.01. The van der Waals surface area contributed by atoms with E-state index in [2.05, 4.69) is 9.47 Å². The lowest BCUT2D eigenvalue weighted by Crippen LogP contribution is -2.47. The molecule has 5 nitrogen and oxygen atoms in total. The SMILES string of the molecule is COC(=O)CC(N)(Sc1ccccc1)C(=O)OC. The molecule has 0 aliphatic carbocycles. The molecular weight excluding hydrogens is 254 g/mol. The molecule has 1 aromatic carbocycles. The molecule has 98 valence electrons. The third kappa shape index (κ3) is 3.75. The number of carbonyl (C=O) groups is 2. The normalized spacial score (nSPS) is 13.5. The number of esters is 2. The Bertz CT molecular complexity index is 423. The summed E-state index contributed by atoms with van der Waals surface area (Å²) in [7, 11) is 2.47. The van der Waals surface area contributed by atoms with Crippen molar-refractivity contribution in [1.29, 1.82) is 0 Å². The van der Waals surface area contributed by atoms with E-state index in [1.54, 1.807) is 12.1 Å². The Morgan fingerprint density at radius 3 is 2.33 bits per heavy atom. The Hall–Kier alpha value is -1.53. The van der Waals surface area contributed by atoms with Gasteiger partial charge in [0.2, 0.25) is 0 Å². The summed E-state index contributed by atoms with van der Waals surface area (Å²) >= 11 is 1.07. The summed E-state index contributed by atoms with van der Waals surface area (Å²) in [5, 5.41) is 0. The minimum Gasteiger partial charge on any atom is -0.469 e. The zero-order valence-corrected chi connectivity index (χ0v) is 11.0. The molecule has 18 heavy (non-hydrogen) atoms. The van der Waals surface area contributed by atoms with Crippen molar-refractivity contribution in [3.8, 4) is 0 Å². The smallest absolute Gasteiger partial charge is 0.337 e. The second-order valence-electron chi connectivity index (χ2n) is 3.55. The minimum absolute atomic E-state index is 0.254. The molecule has 0 aromatic heterocycles. The van der Waals surface area contributed by atoms with E-state index in [9.17, 15) is 9.59 Å². The maximum Gasteiger partial charge on any atom is 0.337 e. The highest BCUT2D eigenvalue weighted by Crippen LogP contribution is 2.32. The fraction of sp³-hybridized carbons (Fsp3) is 0.333. The topological polar surface area (TPSA) is 78.6 Å². The van der Waals surface area contributed by atoms with Crippen LogP contribution >= 0.6 is 11.8 Å². The van der Waals surface area contributed by atoms with Crippen LogP contribution in [0.5, 0.6) is 0 Å². The number of benzene rings is 1. The van der Waals surface area contributed by atoms with Gasteiger partial charge in [0.05, 0.1) is 20.6 Å². The van der Waals surface area contributed by atoms with Crippen molar-refractivity contribution >= 4 is 23.7 Å². The van der Waals surface area contributed by atoms with Gasteiger partial charge in [-0.05, 0) is 12.1 Å². The van der Waals surface area contributed by atoms with Crippen LogP contribution in [0.3, 0.4) is 0 Å². The van der Waals surface area contributed by atoms with Crippen molar-refractivity contribution in [2.45, 2.75) is 16.2 Å². The fourth-order valence-electron chi connectivity index (χ4n) is 1.31. The maximum absolute atomic E-state index is 11.7. The van der Waals surface area contributed by atoms with Gasteiger partial charge >= 0.3 is 11.9 Å². The van der Waals surface area contributed by atoms with Crippen LogP contribution in [0.2, 0.25) is 0 Å². The number of hydrogen-bond donors (Lipinski definition) is 1. The number of methoxy groups -OCH3 is 2. The highest BCUT2D eigenvalue weighted by atomic mass is 32.2. The Kier molecular flexibility index (Phi) is 5.18. The van der Waals surface area contributed by atoms with Gasteiger partial charge in [-0.15, -0.1) is 0 Å². The van der Waals surface area contributed by atoms with Gasteiger partial charge in [0.15, 0.2) is 4.87 Å². The maximum atomic E-state index is 11.7. The molecule has 0 saturated heterocycles. The molecule has 0 saturated carbocycles. The van der Waals surface area contributed by atoms with Crippen LogP contribution in [0.4, 0.5) is 0 Å². The largest absolute Gasteiger partial charge is 0.469 e. The van der Waals surface area contributed by atoms with Gasteiger partial charge in [-0.2, -0.15) is 0 Å². The summed E-state index contributed by atoms with van der Waals surface area (Å²) in [6, 6.07) is 9.08. The van der Waals surface area contributed by atoms with E-state index in [-0.39, 0.29) is 6.42 Å². The van der Waals surface area contributed by atoms with E-state index in [0.717, 1.165) is 16.7 Å². The molecule has 0 spiro atoms. The van der Waals surface area contributed by atoms with Gasteiger partial charge in [-0.1, -0.05) is 30.0 Å². The lowest BCUT2D eigenvalue weighted by molar-refractivity contribution is -0.149. The molecule has 2 N–H and O–H groups in total. The molecule has 0 heterocycles. The minimum atomic E-state index is -1.48. The van der Waals surface area contributed by atoms with Crippen LogP contribution in [0.1, 0.15) is 6.42 Å². The Morgan fingerprint density at radius 1 is 1.22 bits per heavy atom. The van der Waals surface area contributed by atoms with Gasteiger partial charge in [0.25, 0.3) is 0 Å².